The van der Waals surface area contributed by atoms with Gasteiger partial charge in [0.2, 0.25) is 0 Å². The molecular weight excluding hydrogens is 264 g/mol. The number of nitrogen functional groups attached to an aromatic ring is 1. The van der Waals surface area contributed by atoms with Crippen molar-refractivity contribution in [1.82, 2.24) is 15.3 Å². The molecule has 0 bridgehead atoms. The molecule has 0 saturated carbocycles. The van der Waals surface area contributed by atoms with Crippen molar-refractivity contribution in [2.45, 2.75) is 6.54 Å². The third-order valence-corrected chi connectivity index (χ3v) is 2.60. The molecule has 0 aliphatic carbocycles. The Balaban J connectivity index is 2.21. The number of aromatic amines is 1. The fraction of sp³-hybridized carbons (Fsp3) is 0.0909. The molecule has 0 aliphatic rings. The molecule has 9 nitrogen and oxygen atoms in total. The van der Waals surface area contributed by atoms with E-state index in [4.69, 9.17) is 5.84 Å². The van der Waals surface area contributed by atoms with E-state index in [1.165, 1.54) is 18.2 Å². The van der Waals surface area contributed by atoms with Gasteiger partial charge in [-0.2, -0.15) is 0 Å². The average molecular weight is 276 g/mol. The summed E-state index contributed by atoms with van der Waals surface area (Å²) in [6, 6.07) is 4.12. The van der Waals surface area contributed by atoms with Gasteiger partial charge in [0.15, 0.2) is 0 Å². The van der Waals surface area contributed by atoms with Gasteiger partial charge in [0.05, 0.1) is 17.0 Å². The van der Waals surface area contributed by atoms with Gasteiger partial charge in [-0.15, -0.1) is 0 Å². The number of benzene rings is 1. The minimum atomic E-state index is -0.613. The number of rotatable bonds is 5. The number of para-hydroxylation sites is 1. The number of hydrogen-bond donors (Lipinski definition) is 4. The molecule has 20 heavy (non-hydrogen) atoms. The standard InChI is InChI=1S/C11H12N6O3/c12-16-10-7(2-1-3-8(10)17(19)20)11(18)15-6-9-13-4-5-14-9/h1-5,16H,6,12H2,(H,13,14)(H,15,18). The van der Waals surface area contributed by atoms with Gasteiger partial charge in [-0.25, -0.2) is 4.98 Å². The monoisotopic (exact) mass is 276 g/mol. The van der Waals surface area contributed by atoms with Crippen molar-refractivity contribution < 1.29 is 9.72 Å². The van der Waals surface area contributed by atoms with Crippen molar-refractivity contribution >= 4 is 17.3 Å². The van der Waals surface area contributed by atoms with Crippen LogP contribution in [-0.4, -0.2) is 20.8 Å². The van der Waals surface area contributed by atoms with Crippen LogP contribution in [0, 0.1) is 10.1 Å². The first kappa shape index (κ1) is 13.5. The molecule has 0 fully saturated rings. The van der Waals surface area contributed by atoms with E-state index >= 15 is 0 Å². The van der Waals surface area contributed by atoms with Gasteiger partial charge in [0.25, 0.3) is 11.6 Å². The summed E-state index contributed by atoms with van der Waals surface area (Å²) in [5, 5.41) is 13.5. The predicted octanol–water partition coefficient (Wildman–Crippen LogP) is 0.533. The number of amides is 1. The Kier molecular flexibility index (Phi) is 3.91. The van der Waals surface area contributed by atoms with E-state index in [0.717, 1.165) is 0 Å². The van der Waals surface area contributed by atoms with Crippen LogP contribution >= 0.6 is 0 Å². The number of imidazole rings is 1. The second kappa shape index (κ2) is 5.80. The van der Waals surface area contributed by atoms with Crippen LogP contribution in [0.5, 0.6) is 0 Å². The van der Waals surface area contributed by atoms with Crippen LogP contribution in [0.25, 0.3) is 0 Å². The molecule has 1 heterocycles. The van der Waals surface area contributed by atoms with Crippen molar-refractivity contribution in [2.75, 3.05) is 5.43 Å². The first-order valence-electron chi connectivity index (χ1n) is 5.64. The highest BCUT2D eigenvalue weighted by atomic mass is 16.6. The lowest BCUT2D eigenvalue weighted by Crippen LogP contribution is -2.25. The van der Waals surface area contributed by atoms with Crippen LogP contribution in [0.1, 0.15) is 16.2 Å². The molecule has 2 aromatic rings. The van der Waals surface area contributed by atoms with E-state index in [2.05, 4.69) is 20.7 Å². The Bertz CT molecular complexity index is 625. The molecule has 2 rings (SSSR count). The van der Waals surface area contributed by atoms with E-state index < -0.39 is 10.8 Å². The van der Waals surface area contributed by atoms with Crippen molar-refractivity contribution in [1.29, 1.82) is 0 Å². The summed E-state index contributed by atoms with van der Waals surface area (Å²) in [6.07, 6.45) is 3.18. The van der Waals surface area contributed by atoms with Crippen LogP contribution in [0.2, 0.25) is 0 Å². The summed E-state index contributed by atoms with van der Waals surface area (Å²) >= 11 is 0. The summed E-state index contributed by atoms with van der Waals surface area (Å²) in [6.45, 7) is 0.179. The van der Waals surface area contributed by atoms with Gasteiger partial charge in [0, 0.05) is 18.5 Å². The SMILES string of the molecule is NNc1c(C(=O)NCc2ncc[nH]2)cccc1[N+](=O)[O-]. The van der Waals surface area contributed by atoms with E-state index in [0.29, 0.717) is 5.82 Å². The van der Waals surface area contributed by atoms with Crippen molar-refractivity contribution in [2.24, 2.45) is 5.84 Å². The first-order chi connectivity index (χ1) is 9.63. The number of nitrogens with two attached hydrogens (primary N) is 1. The number of nitrogens with one attached hydrogen (secondary N) is 3. The summed E-state index contributed by atoms with van der Waals surface area (Å²) in [5.74, 6) is 5.35. The highest BCUT2D eigenvalue weighted by Crippen LogP contribution is 2.27. The molecular formula is C11H12N6O3. The fourth-order valence-electron chi connectivity index (χ4n) is 1.69. The maximum Gasteiger partial charge on any atom is 0.294 e. The number of carbonyl (C=O) groups excluding carboxylic acids is 1. The second-order valence-electron chi connectivity index (χ2n) is 3.82. The van der Waals surface area contributed by atoms with E-state index in [9.17, 15) is 14.9 Å². The second-order valence-corrected chi connectivity index (χ2v) is 3.82. The van der Waals surface area contributed by atoms with Crippen LogP contribution in [-0.2, 0) is 6.54 Å². The summed E-state index contributed by atoms with van der Waals surface area (Å²) in [4.78, 5) is 29.1. The maximum absolute atomic E-state index is 12.0. The minimum Gasteiger partial charge on any atom is -0.347 e. The topological polar surface area (TPSA) is 139 Å². The highest BCUT2D eigenvalue weighted by Gasteiger charge is 2.20. The number of anilines is 1. The van der Waals surface area contributed by atoms with Gasteiger partial charge in [-0.1, -0.05) is 6.07 Å². The summed E-state index contributed by atoms with van der Waals surface area (Å²) in [5.41, 5.74) is 1.99. The molecule has 1 amide bonds. The predicted molar refractivity (Wildman–Crippen MR) is 70.7 cm³/mol. The molecule has 1 aromatic heterocycles. The Morgan fingerprint density at radius 2 is 2.30 bits per heavy atom. The van der Waals surface area contributed by atoms with Crippen molar-refractivity contribution in [3.63, 3.8) is 0 Å². The maximum atomic E-state index is 12.0. The van der Waals surface area contributed by atoms with E-state index in [-0.39, 0.29) is 23.5 Å². The van der Waals surface area contributed by atoms with Gasteiger partial charge in [0.1, 0.15) is 11.5 Å². The lowest BCUT2D eigenvalue weighted by molar-refractivity contribution is -0.384. The molecule has 0 aliphatic heterocycles. The van der Waals surface area contributed by atoms with E-state index in [1.807, 2.05) is 0 Å². The number of aromatic nitrogens is 2. The smallest absolute Gasteiger partial charge is 0.294 e. The number of H-pyrrole nitrogens is 1. The van der Waals surface area contributed by atoms with Crippen molar-refractivity contribution in [3.05, 3.63) is 52.1 Å². The zero-order valence-corrected chi connectivity index (χ0v) is 10.3. The Hall–Kier alpha value is -2.94. The normalized spacial score (nSPS) is 10.1. The summed E-state index contributed by atoms with van der Waals surface area (Å²) in [7, 11) is 0. The lowest BCUT2D eigenvalue weighted by Gasteiger charge is -2.09. The van der Waals surface area contributed by atoms with Gasteiger partial charge < -0.3 is 15.7 Å². The molecule has 5 N–H and O–H groups in total. The van der Waals surface area contributed by atoms with Crippen LogP contribution in [0.3, 0.4) is 0 Å². The first-order valence-corrected chi connectivity index (χ1v) is 5.64. The number of nitrogens with zero attached hydrogens (tertiary/aromatic N) is 2. The zero-order chi connectivity index (χ0) is 14.5. The lowest BCUT2D eigenvalue weighted by atomic mass is 10.1. The van der Waals surface area contributed by atoms with Crippen LogP contribution in [0.15, 0.2) is 30.6 Å². The van der Waals surface area contributed by atoms with Gasteiger partial charge in [-0.05, 0) is 6.07 Å². The van der Waals surface area contributed by atoms with Crippen LogP contribution < -0.4 is 16.6 Å². The summed E-state index contributed by atoms with van der Waals surface area (Å²) < 4.78 is 0. The largest absolute Gasteiger partial charge is 0.347 e. The fourth-order valence-corrected chi connectivity index (χ4v) is 1.69. The molecule has 9 heteroatoms. The van der Waals surface area contributed by atoms with Crippen molar-refractivity contribution in [3.8, 4) is 0 Å². The number of carbonyl (C=O) groups is 1. The number of nitro benzene ring substituents is 1. The highest BCUT2D eigenvalue weighted by molar-refractivity contribution is 6.01. The zero-order valence-electron chi connectivity index (χ0n) is 10.3. The number of nitro groups is 1. The van der Waals surface area contributed by atoms with Gasteiger partial charge in [-0.3, -0.25) is 20.8 Å². The third kappa shape index (κ3) is 2.72. The average Bonchev–Trinajstić information content (AvgIpc) is 2.97. The van der Waals surface area contributed by atoms with Crippen LogP contribution in [0.4, 0.5) is 11.4 Å². The van der Waals surface area contributed by atoms with Gasteiger partial charge >= 0.3 is 0 Å². The minimum absolute atomic E-state index is 0.0329. The Morgan fingerprint density at radius 1 is 1.50 bits per heavy atom. The quantitative estimate of drug-likeness (QED) is 0.357. The molecule has 0 unspecified atom stereocenters. The molecule has 1 aromatic carbocycles. The molecule has 0 saturated heterocycles. The Morgan fingerprint density at radius 3 is 2.90 bits per heavy atom. The molecule has 0 atom stereocenters. The van der Waals surface area contributed by atoms with E-state index in [1.54, 1.807) is 12.4 Å². The number of hydrogen-bond acceptors (Lipinski definition) is 6. The molecule has 0 radical (unpaired) electrons. The molecule has 0 spiro atoms. The number of hydrazine groups is 1. The Labute approximate surface area is 113 Å². The third-order valence-electron chi connectivity index (χ3n) is 2.60. The molecule has 104 valence electrons.